The van der Waals surface area contributed by atoms with E-state index >= 15 is 0 Å². The molecule has 0 unspecified atom stereocenters. The Labute approximate surface area is 181 Å². The SMILES string of the molecule is COC(=O)c1ccc(NC(=O)c2cc(S(=O)(=O)N3CCCCCC3)ccc2Cl)cc1. The van der Waals surface area contributed by atoms with Crippen molar-refractivity contribution >= 4 is 39.2 Å². The summed E-state index contributed by atoms with van der Waals surface area (Å²) in [6.07, 6.45) is 3.66. The van der Waals surface area contributed by atoms with Gasteiger partial charge in [0.25, 0.3) is 5.91 Å². The van der Waals surface area contributed by atoms with E-state index in [1.807, 2.05) is 0 Å². The molecular weight excluding hydrogens is 428 g/mol. The molecule has 2 aromatic rings. The topological polar surface area (TPSA) is 92.8 Å². The number of carbonyl (C=O) groups is 2. The van der Waals surface area contributed by atoms with E-state index in [0.29, 0.717) is 24.3 Å². The number of carbonyl (C=O) groups excluding carboxylic acids is 2. The Morgan fingerprint density at radius 3 is 2.23 bits per heavy atom. The summed E-state index contributed by atoms with van der Waals surface area (Å²) in [7, 11) is -2.42. The summed E-state index contributed by atoms with van der Waals surface area (Å²) in [5.74, 6) is -1.03. The first-order chi connectivity index (χ1) is 14.3. The lowest BCUT2D eigenvalue weighted by Gasteiger charge is -2.20. The van der Waals surface area contributed by atoms with E-state index in [4.69, 9.17) is 11.6 Å². The third-order valence-corrected chi connectivity index (χ3v) is 7.17. The smallest absolute Gasteiger partial charge is 0.337 e. The molecule has 0 bridgehead atoms. The zero-order chi connectivity index (χ0) is 21.7. The van der Waals surface area contributed by atoms with Crippen LogP contribution in [0.1, 0.15) is 46.4 Å². The summed E-state index contributed by atoms with van der Waals surface area (Å²) in [6, 6.07) is 10.3. The molecule has 0 atom stereocenters. The lowest BCUT2D eigenvalue weighted by atomic mass is 10.2. The quantitative estimate of drug-likeness (QED) is 0.696. The third kappa shape index (κ3) is 5.00. The van der Waals surface area contributed by atoms with Crippen molar-refractivity contribution in [2.75, 3.05) is 25.5 Å². The van der Waals surface area contributed by atoms with Crippen molar-refractivity contribution in [1.29, 1.82) is 0 Å². The van der Waals surface area contributed by atoms with E-state index in [0.717, 1.165) is 25.7 Å². The van der Waals surface area contributed by atoms with Crippen LogP contribution in [0.25, 0.3) is 0 Å². The van der Waals surface area contributed by atoms with E-state index in [-0.39, 0.29) is 15.5 Å². The largest absolute Gasteiger partial charge is 0.465 e. The first-order valence-corrected chi connectivity index (χ1v) is 11.4. The fourth-order valence-corrected chi connectivity index (χ4v) is 5.02. The molecule has 160 valence electrons. The molecule has 0 aliphatic carbocycles. The summed E-state index contributed by atoms with van der Waals surface area (Å²) in [6.45, 7) is 0.943. The standard InChI is InChI=1S/C21H23ClN2O5S/c1-29-21(26)15-6-8-16(9-7-15)23-20(25)18-14-17(10-11-19(18)22)30(27,28)24-12-4-2-3-5-13-24/h6-11,14H,2-5,12-13H2,1H3,(H,23,25). The van der Waals surface area contributed by atoms with E-state index in [9.17, 15) is 18.0 Å². The van der Waals surface area contributed by atoms with Crippen molar-refractivity contribution in [2.24, 2.45) is 0 Å². The predicted octanol–water partition coefficient (Wildman–Crippen LogP) is 3.94. The number of esters is 1. The molecule has 1 fully saturated rings. The first kappa shape index (κ1) is 22.3. The Hall–Kier alpha value is -2.42. The Morgan fingerprint density at radius 2 is 1.63 bits per heavy atom. The number of methoxy groups -OCH3 is 1. The highest BCUT2D eigenvalue weighted by atomic mass is 35.5. The molecule has 3 rings (SSSR count). The number of rotatable bonds is 5. The molecule has 1 amide bonds. The summed E-state index contributed by atoms with van der Waals surface area (Å²) < 4.78 is 32.2. The van der Waals surface area contributed by atoms with Crippen molar-refractivity contribution in [3.05, 3.63) is 58.6 Å². The van der Waals surface area contributed by atoms with Gasteiger partial charge in [0.1, 0.15) is 0 Å². The highest BCUT2D eigenvalue weighted by molar-refractivity contribution is 7.89. The number of nitrogens with one attached hydrogen (secondary N) is 1. The van der Waals surface area contributed by atoms with Gasteiger partial charge in [-0.25, -0.2) is 13.2 Å². The molecule has 1 aliphatic rings. The molecule has 7 nitrogen and oxygen atoms in total. The maximum Gasteiger partial charge on any atom is 0.337 e. The van der Waals surface area contributed by atoms with Gasteiger partial charge >= 0.3 is 5.97 Å². The van der Waals surface area contributed by atoms with Crippen LogP contribution >= 0.6 is 11.6 Å². The van der Waals surface area contributed by atoms with Gasteiger partial charge in [-0.2, -0.15) is 4.31 Å². The molecule has 1 saturated heterocycles. The minimum atomic E-state index is -3.71. The number of hydrogen-bond donors (Lipinski definition) is 1. The molecule has 1 N–H and O–H groups in total. The lowest BCUT2D eigenvalue weighted by molar-refractivity contribution is 0.0600. The van der Waals surface area contributed by atoms with E-state index in [1.54, 1.807) is 12.1 Å². The van der Waals surface area contributed by atoms with Crippen LogP contribution in [0.4, 0.5) is 5.69 Å². The van der Waals surface area contributed by atoms with Gasteiger partial charge in [0, 0.05) is 18.8 Å². The zero-order valence-electron chi connectivity index (χ0n) is 16.6. The summed E-state index contributed by atoms with van der Waals surface area (Å²) in [5, 5.41) is 2.81. The van der Waals surface area contributed by atoms with E-state index in [1.165, 1.54) is 41.7 Å². The Morgan fingerprint density at radius 1 is 1.00 bits per heavy atom. The van der Waals surface area contributed by atoms with Gasteiger partial charge in [-0.15, -0.1) is 0 Å². The number of halogens is 1. The summed E-state index contributed by atoms with van der Waals surface area (Å²) >= 11 is 6.17. The summed E-state index contributed by atoms with van der Waals surface area (Å²) in [5.41, 5.74) is 0.841. The number of hydrogen-bond acceptors (Lipinski definition) is 5. The van der Waals surface area contributed by atoms with Crippen LogP contribution in [-0.4, -0.2) is 44.8 Å². The van der Waals surface area contributed by atoms with Crippen LogP contribution in [0.15, 0.2) is 47.4 Å². The second kappa shape index (κ2) is 9.59. The Balaban J connectivity index is 1.82. The molecule has 2 aromatic carbocycles. The van der Waals surface area contributed by atoms with Gasteiger partial charge in [-0.05, 0) is 55.3 Å². The normalized spacial score (nSPS) is 15.3. The number of nitrogens with zero attached hydrogens (tertiary/aromatic N) is 1. The van der Waals surface area contributed by atoms with Crippen molar-refractivity contribution in [3.8, 4) is 0 Å². The number of ether oxygens (including phenoxy) is 1. The summed E-state index contributed by atoms with van der Waals surface area (Å²) in [4.78, 5) is 24.3. The molecular formula is C21H23ClN2O5S. The van der Waals surface area contributed by atoms with Crippen LogP contribution < -0.4 is 5.32 Å². The highest BCUT2D eigenvalue weighted by Gasteiger charge is 2.26. The fourth-order valence-electron chi connectivity index (χ4n) is 3.28. The fraction of sp³-hybridized carbons (Fsp3) is 0.333. The molecule has 9 heteroatoms. The number of benzene rings is 2. The number of sulfonamides is 1. The molecule has 0 radical (unpaired) electrons. The minimum absolute atomic E-state index is 0.0417. The van der Waals surface area contributed by atoms with Crippen molar-refractivity contribution in [2.45, 2.75) is 30.6 Å². The number of anilines is 1. The van der Waals surface area contributed by atoms with Gasteiger partial charge in [0.15, 0.2) is 0 Å². The monoisotopic (exact) mass is 450 g/mol. The first-order valence-electron chi connectivity index (χ1n) is 9.62. The molecule has 0 spiro atoms. The van der Waals surface area contributed by atoms with Crippen molar-refractivity contribution < 1.29 is 22.7 Å². The van der Waals surface area contributed by atoms with Crippen LogP contribution in [0, 0.1) is 0 Å². The Bertz CT molecular complexity index is 1030. The highest BCUT2D eigenvalue weighted by Crippen LogP contribution is 2.26. The second-order valence-corrected chi connectivity index (χ2v) is 9.33. The van der Waals surface area contributed by atoms with Crippen LogP contribution in [0.2, 0.25) is 5.02 Å². The van der Waals surface area contributed by atoms with Crippen molar-refractivity contribution in [3.63, 3.8) is 0 Å². The maximum atomic E-state index is 13.0. The van der Waals surface area contributed by atoms with Gasteiger partial charge in [0.05, 0.1) is 28.2 Å². The van der Waals surface area contributed by atoms with Gasteiger partial charge in [-0.1, -0.05) is 24.4 Å². The molecule has 0 saturated carbocycles. The number of amides is 1. The van der Waals surface area contributed by atoms with Gasteiger partial charge in [0.2, 0.25) is 10.0 Å². The zero-order valence-corrected chi connectivity index (χ0v) is 18.1. The molecule has 30 heavy (non-hydrogen) atoms. The van der Waals surface area contributed by atoms with Crippen LogP contribution in [-0.2, 0) is 14.8 Å². The molecule has 0 aromatic heterocycles. The van der Waals surface area contributed by atoms with Gasteiger partial charge < -0.3 is 10.1 Å². The maximum absolute atomic E-state index is 13.0. The molecule has 1 heterocycles. The average Bonchev–Trinajstić information content (AvgIpc) is 3.04. The van der Waals surface area contributed by atoms with E-state index < -0.39 is 21.9 Å². The predicted molar refractivity (Wildman–Crippen MR) is 114 cm³/mol. The second-order valence-electron chi connectivity index (χ2n) is 6.98. The third-order valence-electron chi connectivity index (χ3n) is 4.95. The molecule has 1 aliphatic heterocycles. The van der Waals surface area contributed by atoms with Gasteiger partial charge in [-0.3, -0.25) is 4.79 Å². The van der Waals surface area contributed by atoms with Crippen LogP contribution in [0.5, 0.6) is 0 Å². The van der Waals surface area contributed by atoms with E-state index in [2.05, 4.69) is 10.1 Å². The average molecular weight is 451 g/mol. The van der Waals surface area contributed by atoms with Crippen LogP contribution in [0.3, 0.4) is 0 Å². The lowest BCUT2D eigenvalue weighted by Crippen LogP contribution is -2.32. The van der Waals surface area contributed by atoms with Crippen molar-refractivity contribution in [1.82, 2.24) is 4.31 Å². The Kier molecular flexibility index (Phi) is 7.12. The minimum Gasteiger partial charge on any atom is -0.465 e.